The maximum absolute atomic E-state index is 9.63. The molecular weight excluding hydrogens is 557 g/mol. The zero-order valence-corrected chi connectivity index (χ0v) is 35.8. The first-order chi connectivity index (χ1) is 7.41. The van der Waals surface area contributed by atoms with Gasteiger partial charge >= 0.3 is 304 Å². The van der Waals surface area contributed by atoms with Gasteiger partial charge in [0.2, 0.25) is 0 Å². The van der Waals surface area contributed by atoms with Crippen LogP contribution >= 0.6 is 31.3 Å². The second-order valence-corrected chi connectivity index (χ2v) is 7.36. The van der Waals surface area contributed by atoms with Gasteiger partial charge in [-0.15, -0.1) is 0 Å². The summed E-state index contributed by atoms with van der Waals surface area (Å²) in [5.74, 6) is 0. The summed E-state index contributed by atoms with van der Waals surface area (Å²) >= 11 is 0. The second-order valence-electron chi connectivity index (χ2n) is 2.13. The Labute approximate surface area is 369 Å². The standard InChI is InChI=1S/3K.4Na.2H4O7P2.7H/c;;;;;;;2*1-8(2,3)7-9(4,5)6;;;;;;;/h;;;;;;;2*(H2,1,2,3)(H2,4,5,6);;;;;;;/q7*+1;;;7*-1. The predicted octanol–water partition coefficient (Wildman–Crippen LogP) is -21.8. The van der Waals surface area contributed by atoms with Gasteiger partial charge in [-0.2, -0.15) is 8.62 Å². The summed E-state index contributed by atoms with van der Waals surface area (Å²) in [6.45, 7) is 0. The zero-order chi connectivity index (χ0) is 15.4. The monoisotopic (exact) mass is 572 g/mol. The minimum absolute atomic E-state index is 0. The summed E-state index contributed by atoms with van der Waals surface area (Å²) in [4.78, 5) is 62.0. The molecule has 0 aromatic rings. The molecule has 0 rings (SSSR count). The molecule has 0 aliphatic rings. The molecule has 0 fully saturated rings. The van der Waals surface area contributed by atoms with E-state index in [4.69, 9.17) is 39.1 Å². The summed E-state index contributed by atoms with van der Waals surface area (Å²) in [5.41, 5.74) is 0. The normalized spacial score (nSPS) is 9.92. The fraction of sp³-hybridized carbons (Fsp3) is 0. The van der Waals surface area contributed by atoms with Crippen molar-refractivity contribution in [1.82, 2.24) is 0 Å². The third-order valence-electron chi connectivity index (χ3n) is 0.425. The van der Waals surface area contributed by atoms with Gasteiger partial charge in [-0.05, 0) is 0 Å². The van der Waals surface area contributed by atoms with E-state index in [2.05, 4.69) is 8.62 Å². The van der Waals surface area contributed by atoms with Crippen LogP contribution in [0.25, 0.3) is 0 Å². The molecule has 0 aromatic carbocycles. The predicted molar refractivity (Wildman–Crippen MR) is 58.1 cm³/mol. The van der Waals surface area contributed by atoms with Crippen LogP contribution in [0.3, 0.4) is 0 Å². The third kappa shape index (κ3) is 71.9. The van der Waals surface area contributed by atoms with E-state index in [1.807, 2.05) is 0 Å². The maximum Gasteiger partial charge on any atom is 1.00 e. The van der Waals surface area contributed by atoms with E-state index in [1.54, 1.807) is 0 Å². The van der Waals surface area contributed by atoms with Crippen molar-refractivity contribution < 1.29 is 348 Å². The van der Waals surface area contributed by atoms with Gasteiger partial charge in [0.05, 0.1) is 0 Å². The molecule has 0 unspecified atom stereocenters. The molecular formula is H15K3Na4O14P4. The molecule has 0 spiro atoms. The SMILES string of the molecule is O=P(O)(O)OP(=O)(O)O.O=P(O)(O)OP(=O)(O)O.[H-].[H-].[H-].[H-].[H-].[H-].[H-].[K+].[K+].[K+].[Na+].[Na+].[Na+].[Na+]. The van der Waals surface area contributed by atoms with Gasteiger partial charge in [-0.1, -0.05) is 0 Å². The summed E-state index contributed by atoms with van der Waals surface area (Å²) in [6, 6.07) is 0. The number of rotatable bonds is 4. The van der Waals surface area contributed by atoms with E-state index in [-0.39, 0.29) is 282 Å². The van der Waals surface area contributed by atoms with E-state index >= 15 is 0 Å². The van der Waals surface area contributed by atoms with Crippen LogP contribution in [0.15, 0.2) is 0 Å². The Kier molecular flexibility index (Phi) is 66.7. The van der Waals surface area contributed by atoms with Crippen LogP contribution in [-0.2, 0) is 26.9 Å². The largest absolute Gasteiger partial charge is 1.00 e. The van der Waals surface area contributed by atoms with Gasteiger partial charge in [0, 0.05) is 0 Å². The minimum Gasteiger partial charge on any atom is -1.00 e. The summed E-state index contributed by atoms with van der Waals surface area (Å²) in [7, 11) is -20.2. The fourth-order valence-electron chi connectivity index (χ4n) is 0.277. The second kappa shape index (κ2) is 28.0. The van der Waals surface area contributed by atoms with Crippen LogP contribution in [0.4, 0.5) is 0 Å². The summed E-state index contributed by atoms with van der Waals surface area (Å²) < 4.78 is 44.4. The van der Waals surface area contributed by atoms with Crippen molar-refractivity contribution in [3.8, 4) is 0 Å². The molecule has 14 nitrogen and oxygen atoms in total. The van der Waals surface area contributed by atoms with Crippen molar-refractivity contribution in [1.29, 1.82) is 0 Å². The first kappa shape index (κ1) is 59.5. The van der Waals surface area contributed by atoms with E-state index in [0.717, 1.165) is 0 Å². The fourth-order valence-corrected chi connectivity index (χ4v) is 2.49. The van der Waals surface area contributed by atoms with E-state index < -0.39 is 31.3 Å². The van der Waals surface area contributed by atoms with E-state index in [9.17, 15) is 18.3 Å². The molecule has 0 atom stereocenters. The molecule has 0 saturated heterocycles. The van der Waals surface area contributed by atoms with Gasteiger partial charge in [0.1, 0.15) is 0 Å². The third-order valence-corrected chi connectivity index (χ3v) is 3.83. The van der Waals surface area contributed by atoms with E-state index in [0.29, 0.717) is 0 Å². The van der Waals surface area contributed by atoms with Crippen molar-refractivity contribution in [2.75, 3.05) is 0 Å². The van der Waals surface area contributed by atoms with Gasteiger partial charge < -0.3 is 49.1 Å². The Morgan fingerprint density at radius 1 is 0.440 bits per heavy atom. The van der Waals surface area contributed by atoms with Crippen molar-refractivity contribution in [3.05, 3.63) is 0 Å². The van der Waals surface area contributed by atoms with Crippen LogP contribution in [0, 0.1) is 0 Å². The van der Waals surface area contributed by atoms with Gasteiger partial charge in [-0.3, -0.25) is 0 Å². The molecule has 0 bridgehead atoms. The van der Waals surface area contributed by atoms with Crippen molar-refractivity contribution in [3.63, 3.8) is 0 Å². The molecule has 0 radical (unpaired) electrons. The molecule has 8 N–H and O–H groups in total. The molecule has 25 heavy (non-hydrogen) atoms. The summed E-state index contributed by atoms with van der Waals surface area (Å²) in [5, 5.41) is 0. The van der Waals surface area contributed by atoms with Crippen molar-refractivity contribution >= 4 is 31.3 Å². The Balaban J connectivity index is -0.00000000795. The Morgan fingerprint density at radius 3 is 0.520 bits per heavy atom. The van der Waals surface area contributed by atoms with Crippen molar-refractivity contribution in [2.24, 2.45) is 0 Å². The van der Waals surface area contributed by atoms with Crippen molar-refractivity contribution in [2.45, 2.75) is 0 Å². The average Bonchev–Trinajstić information content (AvgIpc) is 1.64. The topological polar surface area (TPSA) is 249 Å². The molecule has 0 aliphatic carbocycles. The Bertz CT molecular complexity index is 389. The van der Waals surface area contributed by atoms with Gasteiger partial charge in [-0.25, -0.2) is 18.3 Å². The quantitative estimate of drug-likeness (QED) is 0.115. The van der Waals surface area contributed by atoms with Gasteiger partial charge in [0.25, 0.3) is 0 Å². The smallest absolute Gasteiger partial charge is 1.00 e. The maximum atomic E-state index is 9.63. The zero-order valence-electron chi connectivity index (χ0n) is 21.8. The number of hydrogen-bond acceptors (Lipinski definition) is 6. The molecule has 0 amide bonds. The Morgan fingerprint density at radius 2 is 0.520 bits per heavy atom. The molecule has 0 heterocycles. The van der Waals surface area contributed by atoms with Gasteiger partial charge in [0.15, 0.2) is 0 Å². The Hall–Kier alpha value is 9.43. The van der Waals surface area contributed by atoms with Crippen LogP contribution < -0.4 is 272 Å². The van der Waals surface area contributed by atoms with Crippen LogP contribution in [0.1, 0.15) is 9.99 Å². The number of phosphoric acid groups is 4. The minimum atomic E-state index is -5.05. The van der Waals surface area contributed by atoms with Crippen LogP contribution in [-0.4, -0.2) is 39.1 Å². The first-order valence-electron chi connectivity index (χ1n) is 3.06. The van der Waals surface area contributed by atoms with Crippen LogP contribution in [0.5, 0.6) is 0 Å². The van der Waals surface area contributed by atoms with Crippen LogP contribution in [0.2, 0.25) is 0 Å². The molecule has 0 saturated carbocycles. The molecule has 25 heteroatoms. The first-order valence-corrected chi connectivity index (χ1v) is 9.18. The average molecular weight is 572 g/mol. The number of hydrogen-bond donors (Lipinski definition) is 8. The molecule has 0 aromatic heterocycles. The molecule has 126 valence electrons. The van der Waals surface area contributed by atoms with E-state index in [1.165, 1.54) is 0 Å². The summed E-state index contributed by atoms with van der Waals surface area (Å²) in [6.07, 6.45) is 0. The molecule has 0 aliphatic heterocycles.